The molecule has 28 heavy (non-hydrogen) atoms. The van der Waals surface area contributed by atoms with Gasteiger partial charge in [-0.15, -0.1) is 0 Å². The zero-order valence-electron chi connectivity index (χ0n) is 19.0. The molecular weight excluding hydrogens is 356 g/mol. The number of unbranched alkanes of at least 4 members (excludes halogenated alkanes) is 14. The van der Waals surface area contributed by atoms with Crippen molar-refractivity contribution in [2.45, 2.75) is 142 Å². The van der Waals surface area contributed by atoms with Crippen LogP contribution in [0.3, 0.4) is 0 Å². The number of carboxylic acid groups (broad SMARTS) is 1. The quantitative estimate of drug-likeness (QED) is 0.0779. The van der Waals surface area contributed by atoms with Crippen molar-refractivity contribution in [2.75, 3.05) is 0 Å². The number of ether oxygens (including phenoxy) is 1. The van der Waals surface area contributed by atoms with Crippen LogP contribution in [0.2, 0.25) is 0 Å². The normalized spacial score (nSPS) is 12.9. The van der Waals surface area contributed by atoms with Crippen molar-refractivity contribution in [3.8, 4) is 0 Å². The summed E-state index contributed by atoms with van der Waals surface area (Å²) in [7, 11) is 0. The standard InChI is InChI=1S/C23H46O5/c1-5-6-7-8-9-10-11-12-13-14-15-16-17-18-19-20-21(26-22(24)25)27-28-23(2,3)4/h21H,5-20H2,1-4H3,(H,24,25). The topological polar surface area (TPSA) is 65.0 Å². The molecule has 5 heteroatoms. The van der Waals surface area contributed by atoms with Crippen LogP contribution in [-0.4, -0.2) is 23.2 Å². The van der Waals surface area contributed by atoms with Crippen molar-refractivity contribution in [3.05, 3.63) is 0 Å². The fraction of sp³-hybridized carbons (Fsp3) is 0.957. The molecule has 0 spiro atoms. The van der Waals surface area contributed by atoms with Gasteiger partial charge in [0, 0.05) is 6.42 Å². The Hall–Kier alpha value is -0.810. The van der Waals surface area contributed by atoms with Gasteiger partial charge in [0.1, 0.15) is 0 Å². The highest BCUT2D eigenvalue weighted by molar-refractivity contribution is 5.56. The maximum absolute atomic E-state index is 10.7. The fourth-order valence-electron chi connectivity index (χ4n) is 3.12. The van der Waals surface area contributed by atoms with Crippen LogP contribution in [0.1, 0.15) is 130 Å². The lowest BCUT2D eigenvalue weighted by Gasteiger charge is -2.22. The number of hydrogen-bond acceptors (Lipinski definition) is 4. The minimum atomic E-state index is -1.33. The van der Waals surface area contributed by atoms with E-state index >= 15 is 0 Å². The van der Waals surface area contributed by atoms with Gasteiger partial charge in [-0.2, -0.15) is 4.89 Å². The molecule has 0 radical (unpaired) electrons. The minimum Gasteiger partial charge on any atom is -0.450 e. The molecule has 5 nitrogen and oxygen atoms in total. The van der Waals surface area contributed by atoms with E-state index in [-0.39, 0.29) is 0 Å². The molecule has 0 aliphatic heterocycles. The maximum Gasteiger partial charge on any atom is 0.508 e. The minimum absolute atomic E-state index is 0.491. The predicted octanol–water partition coefficient (Wildman–Crippen LogP) is 8.02. The van der Waals surface area contributed by atoms with Crippen molar-refractivity contribution < 1.29 is 24.4 Å². The molecule has 1 N–H and O–H groups in total. The second-order valence-corrected chi connectivity index (χ2v) is 8.84. The molecule has 1 atom stereocenters. The first-order chi connectivity index (χ1) is 13.3. The lowest BCUT2D eigenvalue weighted by molar-refractivity contribution is -0.409. The Balaban J connectivity index is 3.47. The molecule has 0 aliphatic rings. The van der Waals surface area contributed by atoms with Crippen LogP contribution in [0.4, 0.5) is 4.79 Å². The van der Waals surface area contributed by atoms with E-state index in [4.69, 9.17) is 19.6 Å². The van der Waals surface area contributed by atoms with Gasteiger partial charge in [0.2, 0.25) is 6.29 Å². The van der Waals surface area contributed by atoms with Crippen molar-refractivity contribution in [2.24, 2.45) is 0 Å². The smallest absolute Gasteiger partial charge is 0.450 e. The molecular formula is C23H46O5. The summed E-state index contributed by atoms with van der Waals surface area (Å²) < 4.78 is 4.73. The van der Waals surface area contributed by atoms with Crippen LogP contribution in [0.15, 0.2) is 0 Å². The van der Waals surface area contributed by atoms with Gasteiger partial charge in [0.05, 0.1) is 5.60 Å². The molecule has 0 amide bonds. The Kier molecular flexibility index (Phi) is 17.7. The monoisotopic (exact) mass is 402 g/mol. The Bertz CT molecular complexity index is 351. The third kappa shape index (κ3) is 21.5. The molecule has 0 aromatic rings. The average Bonchev–Trinajstić information content (AvgIpc) is 2.61. The highest BCUT2D eigenvalue weighted by atomic mass is 17.2. The summed E-state index contributed by atoms with van der Waals surface area (Å²) >= 11 is 0. The second-order valence-electron chi connectivity index (χ2n) is 8.84. The average molecular weight is 403 g/mol. The molecule has 0 aliphatic carbocycles. The molecule has 0 aromatic carbocycles. The lowest BCUT2D eigenvalue weighted by Crippen LogP contribution is -2.27. The van der Waals surface area contributed by atoms with E-state index in [1.165, 1.54) is 83.5 Å². The van der Waals surface area contributed by atoms with Crippen molar-refractivity contribution >= 4 is 6.16 Å². The summed E-state index contributed by atoms with van der Waals surface area (Å²) in [6.45, 7) is 7.80. The number of hydrogen-bond donors (Lipinski definition) is 1. The van der Waals surface area contributed by atoms with Gasteiger partial charge in [-0.1, -0.05) is 96.8 Å². The first-order valence-corrected chi connectivity index (χ1v) is 11.6. The van der Waals surface area contributed by atoms with E-state index < -0.39 is 18.0 Å². The Morgan fingerprint density at radius 3 is 1.50 bits per heavy atom. The van der Waals surface area contributed by atoms with E-state index in [0.29, 0.717) is 6.42 Å². The maximum atomic E-state index is 10.7. The first kappa shape index (κ1) is 27.2. The SMILES string of the molecule is CCCCCCCCCCCCCCCCCC(OOC(C)(C)C)OC(=O)O. The van der Waals surface area contributed by atoms with Crippen molar-refractivity contribution in [3.63, 3.8) is 0 Å². The summed E-state index contributed by atoms with van der Waals surface area (Å²) in [5.41, 5.74) is -0.491. The van der Waals surface area contributed by atoms with Crippen LogP contribution in [-0.2, 0) is 14.5 Å². The van der Waals surface area contributed by atoms with E-state index in [1.54, 1.807) is 0 Å². The van der Waals surface area contributed by atoms with E-state index in [9.17, 15) is 4.79 Å². The Labute approximate surface area is 173 Å². The summed E-state index contributed by atoms with van der Waals surface area (Å²) in [4.78, 5) is 21.0. The molecule has 0 saturated heterocycles. The van der Waals surface area contributed by atoms with Crippen LogP contribution < -0.4 is 0 Å². The van der Waals surface area contributed by atoms with Gasteiger partial charge < -0.3 is 9.84 Å². The first-order valence-electron chi connectivity index (χ1n) is 11.6. The lowest BCUT2D eigenvalue weighted by atomic mass is 10.0. The highest BCUT2D eigenvalue weighted by Gasteiger charge is 2.19. The fourth-order valence-corrected chi connectivity index (χ4v) is 3.12. The van der Waals surface area contributed by atoms with Crippen molar-refractivity contribution in [1.29, 1.82) is 0 Å². The summed E-state index contributed by atoms with van der Waals surface area (Å²) in [6, 6.07) is 0. The summed E-state index contributed by atoms with van der Waals surface area (Å²) in [5, 5.41) is 8.78. The van der Waals surface area contributed by atoms with Crippen LogP contribution in [0.25, 0.3) is 0 Å². The Morgan fingerprint density at radius 2 is 1.14 bits per heavy atom. The molecule has 0 aromatic heterocycles. The molecule has 0 bridgehead atoms. The molecule has 1 unspecified atom stereocenters. The highest BCUT2D eigenvalue weighted by Crippen LogP contribution is 2.16. The van der Waals surface area contributed by atoms with Gasteiger partial charge in [0.25, 0.3) is 0 Å². The van der Waals surface area contributed by atoms with E-state index in [2.05, 4.69) is 6.92 Å². The third-order valence-electron chi connectivity index (χ3n) is 4.68. The predicted molar refractivity (Wildman–Crippen MR) is 114 cm³/mol. The van der Waals surface area contributed by atoms with Gasteiger partial charge in [0.15, 0.2) is 0 Å². The van der Waals surface area contributed by atoms with Crippen molar-refractivity contribution in [1.82, 2.24) is 0 Å². The Morgan fingerprint density at radius 1 is 0.750 bits per heavy atom. The van der Waals surface area contributed by atoms with E-state index in [1.807, 2.05) is 20.8 Å². The molecule has 0 heterocycles. The molecule has 0 fully saturated rings. The largest absolute Gasteiger partial charge is 0.508 e. The van der Waals surface area contributed by atoms with Gasteiger partial charge in [-0.25, -0.2) is 9.68 Å². The van der Waals surface area contributed by atoms with Crippen LogP contribution in [0, 0.1) is 0 Å². The number of rotatable bonds is 19. The summed E-state index contributed by atoms with van der Waals surface area (Å²) in [5.74, 6) is 0. The zero-order chi connectivity index (χ0) is 21.1. The number of carbonyl (C=O) groups is 1. The molecule has 168 valence electrons. The van der Waals surface area contributed by atoms with Gasteiger partial charge in [-0.05, 0) is 27.2 Å². The van der Waals surface area contributed by atoms with Crippen LogP contribution in [0.5, 0.6) is 0 Å². The van der Waals surface area contributed by atoms with Gasteiger partial charge in [-0.3, -0.25) is 0 Å². The molecule has 0 rings (SSSR count). The second kappa shape index (κ2) is 18.2. The zero-order valence-corrected chi connectivity index (χ0v) is 19.0. The van der Waals surface area contributed by atoms with Crippen LogP contribution >= 0.6 is 0 Å². The molecule has 0 saturated carbocycles. The third-order valence-corrected chi connectivity index (χ3v) is 4.68. The summed E-state index contributed by atoms with van der Waals surface area (Å²) in [6.07, 6.45) is 17.9. The van der Waals surface area contributed by atoms with Gasteiger partial charge >= 0.3 is 6.16 Å². The van der Waals surface area contributed by atoms with E-state index in [0.717, 1.165) is 12.8 Å².